The summed E-state index contributed by atoms with van der Waals surface area (Å²) in [5, 5.41) is 0. The first-order valence-corrected chi connectivity index (χ1v) is 13.8. The normalized spacial score (nSPS) is 26.1. The maximum absolute atomic E-state index is 4.44. The first-order valence-electron chi connectivity index (χ1n) is 13.8. The molecule has 0 spiro atoms. The molecule has 0 aliphatic heterocycles. The summed E-state index contributed by atoms with van der Waals surface area (Å²) in [5.74, 6) is 2.50. The van der Waals surface area contributed by atoms with Crippen molar-refractivity contribution in [1.82, 2.24) is 0 Å². The molecule has 3 aliphatic carbocycles. The average Bonchev–Trinajstić information content (AvgIpc) is 3.24. The van der Waals surface area contributed by atoms with Gasteiger partial charge in [0.05, 0.1) is 0 Å². The number of aryl methyl sites for hydroxylation is 2. The first kappa shape index (κ1) is 24.1. The van der Waals surface area contributed by atoms with Crippen molar-refractivity contribution in [3.05, 3.63) is 100 Å². The van der Waals surface area contributed by atoms with Crippen LogP contribution in [0.15, 0.2) is 72.4 Å². The highest BCUT2D eigenvalue weighted by Gasteiger charge is 2.27. The molecule has 2 aromatic carbocycles. The molecule has 0 heterocycles. The van der Waals surface area contributed by atoms with E-state index in [-0.39, 0.29) is 0 Å². The summed E-state index contributed by atoms with van der Waals surface area (Å²) in [5.41, 5.74) is 14.3. The standard InChI is InChI=1S/C35H42/c1-22-9-7-10-28(16-22)19-33-26(5)15-23(2)17-35(33)31-12-8-11-30-18-29(21-34(30)31)20-32-25(4)14-13-24(3)27(32)6/h8,11-15,17-18,22,24,28,32H,4,6-7,9-10,16,19-21H2,1-3,5H3. The second-order valence-electron chi connectivity index (χ2n) is 11.9. The van der Waals surface area contributed by atoms with Crippen LogP contribution in [0.25, 0.3) is 17.2 Å². The zero-order valence-corrected chi connectivity index (χ0v) is 22.3. The van der Waals surface area contributed by atoms with E-state index in [1.807, 2.05) is 0 Å². The van der Waals surface area contributed by atoms with Crippen LogP contribution in [0, 0.1) is 37.5 Å². The maximum Gasteiger partial charge on any atom is 0.00826 e. The van der Waals surface area contributed by atoms with E-state index >= 15 is 0 Å². The minimum Gasteiger partial charge on any atom is -0.0986 e. The lowest BCUT2D eigenvalue weighted by Gasteiger charge is -2.29. The van der Waals surface area contributed by atoms with Crippen LogP contribution in [-0.2, 0) is 12.8 Å². The molecule has 0 amide bonds. The third-order valence-electron chi connectivity index (χ3n) is 8.97. The lowest BCUT2D eigenvalue weighted by molar-refractivity contribution is 0.281. The van der Waals surface area contributed by atoms with Crippen molar-refractivity contribution in [3.63, 3.8) is 0 Å². The van der Waals surface area contributed by atoms with Crippen LogP contribution >= 0.6 is 0 Å². The third kappa shape index (κ3) is 4.90. The predicted molar refractivity (Wildman–Crippen MR) is 153 cm³/mol. The molecule has 4 atom stereocenters. The summed E-state index contributed by atoms with van der Waals surface area (Å²) in [4.78, 5) is 0. The third-order valence-corrected chi connectivity index (χ3v) is 8.97. The second kappa shape index (κ2) is 9.81. The van der Waals surface area contributed by atoms with Gasteiger partial charge in [-0.3, -0.25) is 0 Å². The summed E-state index contributed by atoms with van der Waals surface area (Å²) in [6.07, 6.45) is 15.8. The van der Waals surface area contributed by atoms with Crippen LogP contribution in [0.2, 0.25) is 0 Å². The Morgan fingerprint density at radius 1 is 0.971 bits per heavy atom. The summed E-state index contributed by atoms with van der Waals surface area (Å²) in [7, 11) is 0. The van der Waals surface area contributed by atoms with Gasteiger partial charge >= 0.3 is 0 Å². The average molecular weight is 463 g/mol. The van der Waals surface area contributed by atoms with Crippen molar-refractivity contribution < 1.29 is 0 Å². The van der Waals surface area contributed by atoms with Crippen LogP contribution in [-0.4, -0.2) is 0 Å². The fraction of sp³-hybridized carbons (Fsp3) is 0.429. The number of fused-ring (bicyclic) bond motifs is 1. The molecule has 0 bridgehead atoms. The Balaban J connectivity index is 1.45. The molecule has 4 unspecified atom stereocenters. The number of hydrogen-bond acceptors (Lipinski definition) is 0. The molecule has 3 aliphatic rings. The summed E-state index contributed by atoms with van der Waals surface area (Å²) in [6.45, 7) is 18.1. The van der Waals surface area contributed by atoms with E-state index < -0.39 is 0 Å². The molecule has 0 aromatic heterocycles. The van der Waals surface area contributed by atoms with E-state index in [1.165, 1.54) is 82.2 Å². The molecule has 1 saturated carbocycles. The second-order valence-corrected chi connectivity index (χ2v) is 11.9. The Bertz CT molecular complexity index is 1220. The minimum absolute atomic E-state index is 0.365. The number of benzene rings is 2. The quantitative estimate of drug-likeness (QED) is 0.388. The van der Waals surface area contributed by atoms with Gasteiger partial charge < -0.3 is 0 Å². The van der Waals surface area contributed by atoms with Crippen LogP contribution in [0.5, 0.6) is 0 Å². The highest BCUT2D eigenvalue weighted by Crippen LogP contribution is 2.43. The van der Waals surface area contributed by atoms with Gasteiger partial charge in [-0.1, -0.05) is 112 Å². The van der Waals surface area contributed by atoms with E-state index in [0.717, 1.165) is 24.7 Å². The van der Waals surface area contributed by atoms with Gasteiger partial charge in [0.15, 0.2) is 0 Å². The van der Waals surface area contributed by atoms with Crippen molar-refractivity contribution in [2.24, 2.45) is 23.7 Å². The van der Waals surface area contributed by atoms with Crippen molar-refractivity contribution in [3.8, 4) is 11.1 Å². The Morgan fingerprint density at radius 3 is 2.60 bits per heavy atom. The SMILES string of the molecule is C=C1C=CC(C)C(=C)C1CC1=Cc2cccc(-c3cc(C)cc(C)c3CC3CCCC(C)C3)c2C1. The van der Waals surface area contributed by atoms with Gasteiger partial charge in [-0.2, -0.15) is 0 Å². The van der Waals surface area contributed by atoms with Gasteiger partial charge in [0, 0.05) is 5.92 Å². The highest BCUT2D eigenvalue weighted by atomic mass is 14.3. The Labute approximate surface area is 213 Å². The Kier molecular flexibility index (Phi) is 6.75. The van der Waals surface area contributed by atoms with E-state index in [0.29, 0.717) is 11.8 Å². The zero-order chi connectivity index (χ0) is 24.7. The highest BCUT2D eigenvalue weighted by molar-refractivity contribution is 5.80. The monoisotopic (exact) mass is 462 g/mol. The Morgan fingerprint density at radius 2 is 1.80 bits per heavy atom. The lowest BCUT2D eigenvalue weighted by Crippen LogP contribution is -2.16. The van der Waals surface area contributed by atoms with Crippen LogP contribution in [0.3, 0.4) is 0 Å². The molecule has 182 valence electrons. The smallest absolute Gasteiger partial charge is 0.00826 e. The summed E-state index contributed by atoms with van der Waals surface area (Å²) < 4.78 is 0. The van der Waals surface area contributed by atoms with Gasteiger partial charge in [0.2, 0.25) is 0 Å². The minimum atomic E-state index is 0.365. The van der Waals surface area contributed by atoms with Gasteiger partial charge in [0.25, 0.3) is 0 Å². The zero-order valence-electron chi connectivity index (χ0n) is 22.3. The van der Waals surface area contributed by atoms with Gasteiger partial charge in [-0.05, 0) is 96.2 Å². The Hall–Kier alpha value is -2.60. The predicted octanol–water partition coefficient (Wildman–Crippen LogP) is 9.60. The van der Waals surface area contributed by atoms with Crippen molar-refractivity contribution in [2.45, 2.75) is 72.6 Å². The summed E-state index contributed by atoms with van der Waals surface area (Å²) >= 11 is 0. The molecule has 0 radical (unpaired) electrons. The van der Waals surface area contributed by atoms with E-state index in [1.54, 1.807) is 5.56 Å². The van der Waals surface area contributed by atoms with Crippen molar-refractivity contribution in [2.75, 3.05) is 0 Å². The van der Waals surface area contributed by atoms with E-state index in [4.69, 9.17) is 0 Å². The van der Waals surface area contributed by atoms with Crippen molar-refractivity contribution >= 4 is 6.08 Å². The fourth-order valence-electron chi connectivity index (χ4n) is 6.95. The van der Waals surface area contributed by atoms with E-state index in [9.17, 15) is 0 Å². The molecule has 0 heteroatoms. The maximum atomic E-state index is 4.44. The van der Waals surface area contributed by atoms with Crippen molar-refractivity contribution in [1.29, 1.82) is 0 Å². The van der Waals surface area contributed by atoms with Crippen LogP contribution in [0.4, 0.5) is 0 Å². The molecule has 35 heavy (non-hydrogen) atoms. The molecular weight excluding hydrogens is 420 g/mol. The fourth-order valence-corrected chi connectivity index (χ4v) is 6.95. The molecule has 0 nitrogen and oxygen atoms in total. The van der Waals surface area contributed by atoms with Gasteiger partial charge in [0.1, 0.15) is 0 Å². The number of rotatable bonds is 5. The molecule has 2 aromatic rings. The molecule has 1 fully saturated rings. The number of hydrogen-bond donors (Lipinski definition) is 0. The number of allylic oxidation sites excluding steroid dienone is 5. The van der Waals surface area contributed by atoms with E-state index in [2.05, 4.69) is 89.4 Å². The van der Waals surface area contributed by atoms with Gasteiger partial charge in [-0.25, -0.2) is 0 Å². The molecule has 0 saturated heterocycles. The molecular formula is C35H42. The molecule has 0 N–H and O–H groups in total. The topological polar surface area (TPSA) is 0 Å². The summed E-state index contributed by atoms with van der Waals surface area (Å²) in [6, 6.07) is 11.8. The van der Waals surface area contributed by atoms with Crippen LogP contribution < -0.4 is 0 Å². The molecule has 5 rings (SSSR count). The lowest BCUT2D eigenvalue weighted by atomic mass is 9.76. The largest absolute Gasteiger partial charge is 0.0986 e. The van der Waals surface area contributed by atoms with Gasteiger partial charge in [-0.15, -0.1) is 0 Å². The first-order chi connectivity index (χ1) is 16.8. The van der Waals surface area contributed by atoms with Crippen LogP contribution in [0.1, 0.15) is 73.8 Å².